The van der Waals surface area contributed by atoms with Crippen LogP contribution in [-0.2, 0) is 12.8 Å². The van der Waals surface area contributed by atoms with Crippen LogP contribution in [0.1, 0.15) is 60.2 Å². The molecule has 2 aliphatic rings. The third kappa shape index (κ3) is 2.41. The van der Waals surface area contributed by atoms with E-state index in [-0.39, 0.29) is 5.56 Å². The number of hydrogen-bond donors (Lipinski definition) is 1. The van der Waals surface area contributed by atoms with Crippen LogP contribution < -0.4 is 5.56 Å². The predicted molar refractivity (Wildman–Crippen MR) is 82.7 cm³/mol. The second-order valence-corrected chi connectivity index (χ2v) is 6.41. The summed E-state index contributed by atoms with van der Waals surface area (Å²) >= 11 is 0. The highest BCUT2D eigenvalue weighted by Crippen LogP contribution is 2.35. The third-order valence-electron chi connectivity index (χ3n) is 4.99. The largest absolute Gasteiger partial charge is 0.310 e. The Hall–Kier alpha value is -1.90. The standard InChI is InChI=1S/C18H20N2O/c21-17-11-16(12-5-1-2-6-12)19-18(20-17)15-9-13-7-3-4-8-14(13)10-15/h3-4,7-8,11-12,15H,1-2,5-6,9-10H2,(H,19,20,21). The molecule has 3 heteroatoms. The molecule has 4 rings (SSSR count). The van der Waals surface area contributed by atoms with Crippen molar-refractivity contribution in [3.05, 3.63) is 63.3 Å². The summed E-state index contributed by atoms with van der Waals surface area (Å²) in [4.78, 5) is 19.8. The lowest BCUT2D eigenvalue weighted by Crippen LogP contribution is -2.17. The Labute approximate surface area is 124 Å². The van der Waals surface area contributed by atoms with Gasteiger partial charge in [-0.15, -0.1) is 0 Å². The Morgan fingerprint density at radius 1 is 1.00 bits per heavy atom. The Balaban J connectivity index is 1.65. The van der Waals surface area contributed by atoms with E-state index in [1.807, 2.05) is 0 Å². The smallest absolute Gasteiger partial charge is 0.251 e. The van der Waals surface area contributed by atoms with Gasteiger partial charge in [-0.1, -0.05) is 37.1 Å². The number of nitrogens with zero attached hydrogens (tertiary/aromatic N) is 1. The highest BCUT2D eigenvalue weighted by molar-refractivity contribution is 5.35. The van der Waals surface area contributed by atoms with Gasteiger partial charge in [0.2, 0.25) is 0 Å². The monoisotopic (exact) mass is 280 g/mol. The molecule has 0 amide bonds. The molecule has 1 aromatic carbocycles. The summed E-state index contributed by atoms with van der Waals surface area (Å²) < 4.78 is 0. The molecule has 1 saturated carbocycles. The lowest BCUT2D eigenvalue weighted by Gasteiger charge is -2.13. The van der Waals surface area contributed by atoms with Gasteiger partial charge in [0, 0.05) is 17.9 Å². The van der Waals surface area contributed by atoms with Gasteiger partial charge in [-0.25, -0.2) is 4.98 Å². The molecule has 2 aromatic rings. The van der Waals surface area contributed by atoms with Crippen molar-refractivity contribution >= 4 is 0 Å². The van der Waals surface area contributed by atoms with Gasteiger partial charge in [-0.3, -0.25) is 4.79 Å². The Morgan fingerprint density at radius 3 is 2.33 bits per heavy atom. The number of nitrogens with one attached hydrogen (secondary N) is 1. The van der Waals surface area contributed by atoms with Gasteiger partial charge >= 0.3 is 0 Å². The zero-order valence-corrected chi connectivity index (χ0v) is 12.1. The molecular formula is C18H20N2O. The summed E-state index contributed by atoms with van der Waals surface area (Å²) in [6.45, 7) is 0. The van der Waals surface area contributed by atoms with Crippen molar-refractivity contribution in [1.29, 1.82) is 0 Å². The van der Waals surface area contributed by atoms with Crippen LogP contribution in [0.2, 0.25) is 0 Å². The minimum absolute atomic E-state index is 0.0119. The van der Waals surface area contributed by atoms with Crippen LogP contribution in [0.3, 0.4) is 0 Å². The average Bonchev–Trinajstić information content (AvgIpc) is 3.16. The highest BCUT2D eigenvalue weighted by Gasteiger charge is 2.26. The van der Waals surface area contributed by atoms with Crippen LogP contribution in [0.15, 0.2) is 35.1 Å². The van der Waals surface area contributed by atoms with Gasteiger partial charge in [-0.05, 0) is 36.8 Å². The molecule has 3 nitrogen and oxygen atoms in total. The van der Waals surface area contributed by atoms with Crippen molar-refractivity contribution in [2.75, 3.05) is 0 Å². The molecule has 0 atom stereocenters. The van der Waals surface area contributed by atoms with Gasteiger partial charge in [-0.2, -0.15) is 0 Å². The fourth-order valence-corrected chi connectivity index (χ4v) is 3.87. The maximum atomic E-state index is 12.0. The molecule has 0 aliphatic heterocycles. The van der Waals surface area contributed by atoms with Gasteiger partial charge < -0.3 is 4.98 Å². The number of rotatable bonds is 2. The van der Waals surface area contributed by atoms with Crippen molar-refractivity contribution in [3.8, 4) is 0 Å². The predicted octanol–water partition coefficient (Wildman–Crippen LogP) is 3.31. The lowest BCUT2D eigenvalue weighted by molar-refractivity contribution is 0.636. The second-order valence-electron chi connectivity index (χ2n) is 6.41. The van der Waals surface area contributed by atoms with Gasteiger partial charge in [0.15, 0.2) is 0 Å². The molecule has 0 spiro atoms. The van der Waals surface area contributed by atoms with Gasteiger partial charge in [0.25, 0.3) is 5.56 Å². The van der Waals surface area contributed by atoms with E-state index >= 15 is 0 Å². The summed E-state index contributed by atoms with van der Waals surface area (Å²) in [5.74, 6) is 1.71. The number of fused-ring (bicyclic) bond motifs is 1. The topological polar surface area (TPSA) is 45.8 Å². The summed E-state index contributed by atoms with van der Waals surface area (Å²) in [5, 5.41) is 0. The second kappa shape index (κ2) is 5.14. The van der Waals surface area contributed by atoms with Crippen LogP contribution in [-0.4, -0.2) is 9.97 Å². The van der Waals surface area contributed by atoms with E-state index in [0.717, 1.165) is 24.4 Å². The summed E-state index contributed by atoms with van der Waals surface area (Å²) in [5.41, 5.74) is 3.83. The molecular weight excluding hydrogens is 260 g/mol. The lowest BCUT2D eigenvalue weighted by atomic mass is 10.0. The molecule has 1 heterocycles. The highest BCUT2D eigenvalue weighted by atomic mass is 16.1. The molecule has 1 fully saturated rings. The Morgan fingerprint density at radius 2 is 1.67 bits per heavy atom. The molecule has 0 saturated heterocycles. The Kier molecular flexibility index (Phi) is 3.13. The molecule has 1 N–H and O–H groups in total. The first-order chi connectivity index (χ1) is 10.3. The quantitative estimate of drug-likeness (QED) is 0.917. The van der Waals surface area contributed by atoms with Crippen molar-refractivity contribution in [3.63, 3.8) is 0 Å². The van der Waals surface area contributed by atoms with E-state index in [2.05, 4.69) is 29.2 Å². The average molecular weight is 280 g/mol. The first kappa shape index (κ1) is 12.8. The van der Waals surface area contributed by atoms with Crippen LogP contribution in [0.4, 0.5) is 0 Å². The van der Waals surface area contributed by atoms with Crippen molar-refractivity contribution < 1.29 is 0 Å². The van der Waals surface area contributed by atoms with E-state index in [1.54, 1.807) is 6.07 Å². The van der Waals surface area contributed by atoms with E-state index in [0.29, 0.717) is 11.8 Å². The maximum absolute atomic E-state index is 12.0. The molecule has 1 aromatic heterocycles. The Bertz CT molecular complexity index is 688. The molecule has 0 unspecified atom stereocenters. The zero-order valence-electron chi connectivity index (χ0n) is 12.1. The fourth-order valence-electron chi connectivity index (χ4n) is 3.87. The number of benzene rings is 1. The summed E-state index contributed by atoms with van der Waals surface area (Å²) in [6, 6.07) is 10.3. The van der Waals surface area contributed by atoms with Crippen molar-refractivity contribution in [1.82, 2.24) is 9.97 Å². The molecule has 0 radical (unpaired) electrons. The van der Waals surface area contributed by atoms with E-state index in [4.69, 9.17) is 4.98 Å². The van der Waals surface area contributed by atoms with Crippen LogP contribution in [0.25, 0.3) is 0 Å². The summed E-state index contributed by atoms with van der Waals surface area (Å²) in [7, 11) is 0. The van der Waals surface area contributed by atoms with E-state index in [1.165, 1.54) is 36.8 Å². The van der Waals surface area contributed by atoms with Crippen molar-refractivity contribution in [2.45, 2.75) is 50.4 Å². The maximum Gasteiger partial charge on any atom is 0.251 e. The minimum Gasteiger partial charge on any atom is -0.310 e. The third-order valence-corrected chi connectivity index (χ3v) is 4.99. The number of hydrogen-bond acceptors (Lipinski definition) is 2. The number of aromatic nitrogens is 2. The molecule has 21 heavy (non-hydrogen) atoms. The van der Waals surface area contributed by atoms with Gasteiger partial charge in [0.05, 0.1) is 5.69 Å². The van der Waals surface area contributed by atoms with E-state index in [9.17, 15) is 4.79 Å². The SMILES string of the molecule is O=c1cc(C2CCCC2)nc(C2Cc3ccccc3C2)[nH]1. The molecule has 108 valence electrons. The molecule has 2 aliphatic carbocycles. The van der Waals surface area contributed by atoms with E-state index < -0.39 is 0 Å². The minimum atomic E-state index is 0.0119. The van der Waals surface area contributed by atoms with Crippen LogP contribution >= 0.6 is 0 Å². The summed E-state index contributed by atoms with van der Waals surface area (Å²) in [6.07, 6.45) is 6.88. The fraction of sp³-hybridized carbons (Fsp3) is 0.444. The first-order valence-electron chi connectivity index (χ1n) is 7.97. The number of aromatic amines is 1. The first-order valence-corrected chi connectivity index (χ1v) is 7.97. The van der Waals surface area contributed by atoms with Gasteiger partial charge in [0.1, 0.15) is 5.82 Å². The normalized spacial score (nSPS) is 19.0. The van der Waals surface area contributed by atoms with Crippen molar-refractivity contribution in [2.24, 2.45) is 0 Å². The van der Waals surface area contributed by atoms with Crippen LogP contribution in [0.5, 0.6) is 0 Å². The molecule has 0 bridgehead atoms. The number of H-pyrrole nitrogens is 1. The zero-order chi connectivity index (χ0) is 14.2. The van der Waals surface area contributed by atoms with Crippen LogP contribution in [0, 0.1) is 0 Å².